The first-order valence-corrected chi connectivity index (χ1v) is 5.58. The van der Waals surface area contributed by atoms with Crippen molar-refractivity contribution in [1.82, 2.24) is 4.98 Å². The highest BCUT2D eigenvalue weighted by Crippen LogP contribution is 2.25. The maximum absolute atomic E-state index is 9.97. The van der Waals surface area contributed by atoms with Crippen LogP contribution in [0.4, 0.5) is 0 Å². The molecule has 1 aromatic heterocycles. The first-order valence-electron chi connectivity index (χ1n) is 5.58. The van der Waals surface area contributed by atoms with Crippen LogP contribution in [0.2, 0.25) is 0 Å². The fourth-order valence-corrected chi connectivity index (χ4v) is 1.73. The Hall–Kier alpha value is -1.71. The molecule has 0 radical (unpaired) electrons. The van der Waals surface area contributed by atoms with Crippen molar-refractivity contribution < 1.29 is 10.2 Å². The molecule has 0 saturated carbocycles. The third-order valence-electron chi connectivity index (χ3n) is 2.70. The molecule has 88 valence electrons. The molecule has 0 saturated heterocycles. The summed E-state index contributed by atoms with van der Waals surface area (Å²) >= 11 is 0. The lowest BCUT2D eigenvalue weighted by Gasteiger charge is -2.15. The van der Waals surface area contributed by atoms with E-state index < -0.39 is 12.2 Å². The second-order valence-corrected chi connectivity index (χ2v) is 3.96. The second kappa shape index (κ2) is 5.57. The molecule has 0 aliphatic heterocycles. The SMILES string of the molecule is OC(CC(O)c1cccnc1)c1ccccc1. The summed E-state index contributed by atoms with van der Waals surface area (Å²) in [7, 11) is 0. The first kappa shape index (κ1) is 11.8. The van der Waals surface area contributed by atoms with E-state index in [0.717, 1.165) is 11.1 Å². The van der Waals surface area contributed by atoms with Crippen LogP contribution in [0.1, 0.15) is 29.8 Å². The molecular formula is C14H15NO2. The quantitative estimate of drug-likeness (QED) is 0.845. The number of pyridine rings is 1. The molecule has 3 nitrogen and oxygen atoms in total. The number of nitrogens with zero attached hydrogens (tertiary/aromatic N) is 1. The molecule has 17 heavy (non-hydrogen) atoms. The summed E-state index contributed by atoms with van der Waals surface area (Å²) < 4.78 is 0. The fourth-order valence-electron chi connectivity index (χ4n) is 1.73. The van der Waals surface area contributed by atoms with E-state index in [0.29, 0.717) is 0 Å². The number of aliphatic hydroxyl groups excluding tert-OH is 2. The zero-order valence-corrected chi connectivity index (χ0v) is 9.40. The molecule has 0 fully saturated rings. The maximum atomic E-state index is 9.97. The van der Waals surface area contributed by atoms with Crippen LogP contribution in [0.15, 0.2) is 54.9 Å². The van der Waals surface area contributed by atoms with Gasteiger partial charge in [0.2, 0.25) is 0 Å². The van der Waals surface area contributed by atoms with Gasteiger partial charge in [-0.2, -0.15) is 0 Å². The van der Waals surface area contributed by atoms with Crippen LogP contribution < -0.4 is 0 Å². The van der Waals surface area contributed by atoms with Crippen LogP contribution in [0.5, 0.6) is 0 Å². The lowest BCUT2D eigenvalue weighted by atomic mass is 10.00. The summed E-state index contributed by atoms with van der Waals surface area (Å²) in [6.45, 7) is 0. The third-order valence-corrected chi connectivity index (χ3v) is 2.70. The average Bonchev–Trinajstić information content (AvgIpc) is 2.40. The molecule has 0 aliphatic carbocycles. The molecule has 0 bridgehead atoms. The Morgan fingerprint density at radius 3 is 2.18 bits per heavy atom. The summed E-state index contributed by atoms with van der Waals surface area (Å²) in [6, 6.07) is 12.9. The van der Waals surface area contributed by atoms with E-state index in [2.05, 4.69) is 4.98 Å². The van der Waals surface area contributed by atoms with E-state index in [1.807, 2.05) is 30.3 Å². The van der Waals surface area contributed by atoms with Crippen molar-refractivity contribution >= 4 is 0 Å². The normalized spacial score (nSPS) is 14.2. The minimum atomic E-state index is -0.695. The second-order valence-electron chi connectivity index (χ2n) is 3.96. The van der Waals surface area contributed by atoms with Crippen LogP contribution in [0, 0.1) is 0 Å². The number of aromatic nitrogens is 1. The van der Waals surface area contributed by atoms with Gasteiger partial charge in [-0.25, -0.2) is 0 Å². The average molecular weight is 229 g/mol. The van der Waals surface area contributed by atoms with Gasteiger partial charge in [-0.1, -0.05) is 36.4 Å². The standard InChI is InChI=1S/C14H15NO2/c16-13(11-5-2-1-3-6-11)9-14(17)12-7-4-8-15-10-12/h1-8,10,13-14,16-17H,9H2. The summed E-state index contributed by atoms with van der Waals surface area (Å²) in [6.07, 6.45) is 2.19. The molecule has 0 aliphatic rings. The van der Waals surface area contributed by atoms with Crippen molar-refractivity contribution in [1.29, 1.82) is 0 Å². The van der Waals surface area contributed by atoms with Gasteiger partial charge in [-0.3, -0.25) is 4.98 Å². The lowest BCUT2D eigenvalue weighted by Crippen LogP contribution is -2.05. The zero-order chi connectivity index (χ0) is 12.1. The zero-order valence-electron chi connectivity index (χ0n) is 9.40. The minimum Gasteiger partial charge on any atom is -0.388 e. The van der Waals surface area contributed by atoms with Gasteiger partial charge in [0.15, 0.2) is 0 Å². The first-order chi connectivity index (χ1) is 8.27. The van der Waals surface area contributed by atoms with Crippen LogP contribution in [-0.2, 0) is 0 Å². The summed E-state index contributed by atoms with van der Waals surface area (Å²) in [4.78, 5) is 3.94. The van der Waals surface area contributed by atoms with Gasteiger partial charge in [-0.15, -0.1) is 0 Å². The number of rotatable bonds is 4. The van der Waals surface area contributed by atoms with Gasteiger partial charge in [0.1, 0.15) is 0 Å². The third kappa shape index (κ3) is 3.12. The van der Waals surface area contributed by atoms with Crippen molar-refractivity contribution in [2.24, 2.45) is 0 Å². The molecule has 2 N–H and O–H groups in total. The van der Waals surface area contributed by atoms with Gasteiger partial charge in [0, 0.05) is 18.8 Å². The van der Waals surface area contributed by atoms with Gasteiger partial charge in [0.05, 0.1) is 12.2 Å². The van der Waals surface area contributed by atoms with E-state index in [9.17, 15) is 10.2 Å². The molecule has 3 heteroatoms. The van der Waals surface area contributed by atoms with Gasteiger partial charge in [-0.05, 0) is 17.2 Å². The number of hydrogen-bond acceptors (Lipinski definition) is 3. The van der Waals surface area contributed by atoms with E-state index >= 15 is 0 Å². The highest BCUT2D eigenvalue weighted by Gasteiger charge is 2.15. The van der Waals surface area contributed by atoms with Crippen LogP contribution in [0.3, 0.4) is 0 Å². The molecule has 2 rings (SSSR count). The Morgan fingerprint density at radius 2 is 1.53 bits per heavy atom. The van der Waals surface area contributed by atoms with Gasteiger partial charge < -0.3 is 10.2 Å². The summed E-state index contributed by atoms with van der Waals surface area (Å²) in [5, 5.41) is 19.9. The van der Waals surface area contributed by atoms with E-state index in [1.54, 1.807) is 24.5 Å². The van der Waals surface area contributed by atoms with Crippen LogP contribution in [0.25, 0.3) is 0 Å². The molecule has 2 atom stereocenters. The van der Waals surface area contributed by atoms with Gasteiger partial charge in [0.25, 0.3) is 0 Å². The van der Waals surface area contributed by atoms with Crippen molar-refractivity contribution in [2.45, 2.75) is 18.6 Å². The van der Waals surface area contributed by atoms with E-state index in [-0.39, 0.29) is 6.42 Å². The Balaban J connectivity index is 2.02. The Bertz CT molecular complexity index is 401. The van der Waals surface area contributed by atoms with Crippen molar-refractivity contribution in [3.05, 3.63) is 66.0 Å². The highest BCUT2D eigenvalue weighted by molar-refractivity contribution is 5.19. The maximum Gasteiger partial charge on any atom is 0.0832 e. The predicted octanol–water partition coefficient (Wildman–Crippen LogP) is 2.24. The largest absolute Gasteiger partial charge is 0.388 e. The number of benzene rings is 1. The molecule has 2 unspecified atom stereocenters. The smallest absolute Gasteiger partial charge is 0.0832 e. The molecule has 0 spiro atoms. The van der Waals surface area contributed by atoms with E-state index in [4.69, 9.17) is 0 Å². The van der Waals surface area contributed by atoms with Crippen LogP contribution in [-0.4, -0.2) is 15.2 Å². The molecule has 2 aromatic rings. The van der Waals surface area contributed by atoms with Gasteiger partial charge >= 0.3 is 0 Å². The topological polar surface area (TPSA) is 53.4 Å². The molecule has 0 amide bonds. The van der Waals surface area contributed by atoms with Crippen molar-refractivity contribution in [3.63, 3.8) is 0 Å². The summed E-state index contributed by atoms with van der Waals surface area (Å²) in [5.41, 5.74) is 1.54. The van der Waals surface area contributed by atoms with Crippen molar-refractivity contribution in [2.75, 3.05) is 0 Å². The predicted molar refractivity (Wildman–Crippen MR) is 65.2 cm³/mol. The number of aliphatic hydroxyl groups is 2. The minimum absolute atomic E-state index is 0.274. The Labute approximate surface area is 100 Å². The Kier molecular flexibility index (Phi) is 3.85. The van der Waals surface area contributed by atoms with E-state index in [1.165, 1.54) is 0 Å². The summed E-state index contributed by atoms with van der Waals surface area (Å²) in [5.74, 6) is 0. The highest BCUT2D eigenvalue weighted by atomic mass is 16.3. The molecule has 1 aromatic carbocycles. The monoisotopic (exact) mass is 229 g/mol. The Morgan fingerprint density at radius 1 is 0.882 bits per heavy atom. The molecular weight excluding hydrogens is 214 g/mol. The van der Waals surface area contributed by atoms with Crippen LogP contribution >= 0.6 is 0 Å². The number of hydrogen-bond donors (Lipinski definition) is 2. The lowest BCUT2D eigenvalue weighted by molar-refractivity contribution is 0.0802. The fraction of sp³-hybridized carbons (Fsp3) is 0.214. The molecule has 1 heterocycles. The van der Waals surface area contributed by atoms with Crippen molar-refractivity contribution in [3.8, 4) is 0 Å².